The highest BCUT2D eigenvalue weighted by molar-refractivity contribution is 5.83. The van der Waals surface area contributed by atoms with Crippen LogP contribution in [0.4, 0.5) is 0 Å². The van der Waals surface area contributed by atoms with E-state index in [1.54, 1.807) is 0 Å². The van der Waals surface area contributed by atoms with Gasteiger partial charge < -0.3 is 0 Å². The van der Waals surface area contributed by atoms with Gasteiger partial charge in [0, 0.05) is 0 Å². The summed E-state index contributed by atoms with van der Waals surface area (Å²) in [6.45, 7) is 4.50. The Labute approximate surface area is 122 Å². The zero-order chi connectivity index (χ0) is 13.9. The van der Waals surface area contributed by atoms with Gasteiger partial charge in [0.05, 0.1) is 0 Å². The molecule has 0 bridgehead atoms. The second-order valence-corrected chi connectivity index (χ2v) is 5.81. The quantitative estimate of drug-likeness (QED) is 0.667. The molecule has 0 saturated carbocycles. The smallest absolute Gasteiger partial charge is 0.00604 e. The van der Waals surface area contributed by atoms with E-state index in [4.69, 9.17) is 0 Å². The summed E-state index contributed by atoms with van der Waals surface area (Å²) in [7, 11) is 0. The molecule has 1 aliphatic carbocycles. The maximum atomic E-state index is 2.38. The second-order valence-electron chi connectivity index (χ2n) is 5.81. The van der Waals surface area contributed by atoms with E-state index in [-0.39, 0.29) is 0 Å². The molecule has 0 radical (unpaired) electrons. The molecule has 0 saturated heterocycles. The van der Waals surface area contributed by atoms with Crippen LogP contribution in [0.15, 0.2) is 48.0 Å². The van der Waals surface area contributed by atoms with Crippen LogP contribution in [0.5, 0.6) is 0 Å². The minimum atomic E-state index is 1.11. The van der Waals surface area contributed by atoms with Crippen molar-refractivity contribution in [3.63, 3.8) is 0 Å². The van der Waals surface area contributed by atoms with Gasteiger partial charge in [-0.3, -0.25) is 0 Å². The molecule has 0 heterocycles. The van der Waals surface area contributed by atoms with Crippen molar-refractivity contribution in [3.05, 3.63) is 64.7 Å². The zero-order valence-corrected chi connectivity index (χ0v) is 12.4. The monoisotopic (exact) mass is 262 g/mol. The Hall–Kier alpha value is -1.82. The Morgan fingerprint density at radius 2 is 1.80 bits per heavy atom. The van der Waals surface area contributed by atoms with Crippen molar-refractivity contribution in [2.24, 2.45) is 0 Å². The molecule has 3 rings (SSSR count). The van der Waals surface area contributed by atoms with E-state index in [0.29, 0.717) is 0 Å². The van der Waals surface area contributed by atoms with Crippen LogP contribution in [0, 0.1) is 0 Å². The summed E-state index contributed by atoms with van der Waals surface area (Å²) >= 11 is 0. The van der Waals surface area contributed by atoms with E-state index in [9.17, 15) is 0 Å². The summed E-state index contributed by atoms with van der Waals surface area (Å²) in [5.74, 6) is 0. The lowest BCUT2D eigenvalue weighted by Crippen LogP contribution is -1.95. The van der Waals surface area contributed by atoms with Gasteiger partial charge in [-0.2, -0.15) is 0 Å². The lowest BCUT2D eigenvalue weighted by molar-refractivity contribution is 0.796. The number of unbranched alkanes of at least 4 members (excludes halogenated alkanes) is 1. The van der Waals surface area contributed by atoms with Gasteiger partial charge in [0.1, 0.15) is 0 Å². The highest BCUT2D eigenvalue weighted by Gasteiger charge is 2.17. The second kappa shape index (κ2) is 5.66. The fourth-order valence-electron chi connectivity index (χ4n) is 3.15. The number of rotatable bonds is 4. The summed E-state index contributed by atoms with van der Waals surface area (Å²) in [6, 6.07) is 15.6. The molecular weight excluding hydrogens is 240 g/mol. The van der Waals surface area contributed by atoms with Crippen molar-refractivity contribution in [1.29, 1.82) is 0 Å². The highest BCUT2D eigenvalue weighted by atomic mass is 14.2. The van der Waals surface area contributed by atoms with E-state index < -0.39 is 0 Å². The third-order valence-electron chi connectivity index (χ3n) is 4.14. The van der Waals surface area contributed by atoms with Gasteiger partial charge in [0.25, 0.3) is 0 Å². The molecule has 0 fully saturated rings. The van der Waals surface area contributed by atoms with Gasteiger partial charge in [0.15, 0.2) is 0 Å². The first-order valence-corrected chi connectivity index (χ1v) is 7.67. The predicted molar refractivity (Wildman–Crippen MR) is 87.8 cm³/mol. The van der Waals surface area contributed by atoms with Crippen molar-refractivity contribution in [2.45, 2.75) is 39.5 Å². The summed E-state index contributed by atoms with van der Waals surface area (Å²) in [6.07, 6.45) is 7.19. The van der Waals surface area contributed by atoms with E-state index in [2.05, 4.69) is 62.4 Å². The Morgan fingerprint density at radius 3 is 2.55 bits per heavy atom. The first-order valence-electron chi connectivity index (χ1n) is 7.67. The molecule has 102 valence electrons. The maximum absolute atomic E-state index is 2.38. The topological polar surface area (TPSA) is 0 Å². The van der Waals surface area contributed by atoms with Crippen LogP contribution < -0.4 is 0 Å². The van der Waals surface area contributed by atoms with Crippen molar-refractivity contribution in [2.75, 3.05) is 0 Å². The Kier molecular flexibility index (Phi) is 3.73. The van der Waals surface area contributed by atoms with Gasteiger partial charge in [-0.15, -0.1) is 0 Å². The number of allylic oxidation sites excluding steroid dienone is 1. The van der Waals surface area contributed by atoms with Crippen molar-refractivity contribution in [1.82, 2.24) is 0 Å². The average molecular weight is 262 g/mol. The van der Waals surface area contributed by atoms with Gasteiger partial charge in [-0.25, -0.2) is 0 Å². The first-order chi connectivity index (χ1) is 9.79. The van der Waals surface area contributed by atoms with Gasteiger partial charge >= 0.3 is 0 Å². The van der Waals surface area contributed by atoms with Gasteiger partial charge in [-0.05, 0) is 54.0 Å². The van der Waals surface area contributed by atoms with E-state index in [0.717, 1.165) is 6.42 Å². The standard InChI is InChI=1S/C20H22/c1-3-4-8-17-11-12-18-13-15(2)14-19(18)20(17)16-9-6-5-7-10-16/h5-7,9-12,14H,3-4,8,13H2,1-2H3. The van der Waals surface area contributed by atoms with Crippen molar-refractivity contribution >= 4 is 6.08 Å². The molecule has 0 amide bonds. The van der Waals surface area contributed by atoms with Crippen molar-refractivity contribution in [3.8, 4) is 11.1 Å². The Bertz CT molecular complexity index is 633. The van der Waals surface area contributed by atoms with Crippen LogP contribution in [0.2, 0.25) is 0 Å². The molecule has 0 aliphatic heterocycles. The summed E-state index contributed by atoms with van der Waals surface area (Å²) in [4.78, 5) is 0. The summed E-state index contributed by atoms with van der Waals surface area (Å²) in [5.41, 5.74) is 8.76. The van der Waals surface area contributed by atoms with Crippen LogP contribution in [0.1, 0.15) is 43.4 Å². The highest BCUT2D eigenvalue weighted by Crippen LogP contribution is 2.37. The van der Waals surface area contributed by atoms with Crippen molar-refractivity contribution < 1.29 is 0 Å². The predicted octanol–water partition coefficient (Wildman–Crippen LogP) is 5.66. The minimum Gasteiger partial charge on any atom is -0.0683 e. The van der Waals surface area contributed by atoms with E-state index in [1.165, 1.54) is 52.7 Å². The normalized spacial score (nSPS) is 13.2. The molecule has 0 aromatic heterocycles. The molecule has 0 spiro atoms. The van der Waals surface area contributed by atoms with E-state index in [1.807, 2.05) is 0 Å². The minimum absolute atomic E-state index is 1.11. The molecule has 0 N–H and O–H groups in total. The molecular formula is C20H22. The molecule has 0 heteroatoms. The maximum Gasteiger partial charge on any atom is -0.00604 e. The third kappa shape index (κ3) is 2.43. The van der Waals surface area contributed by atoms with Gasteiger partial charge in [0.2, 0.25) is 0 Å². The molecule has 0 nitrogen and oxygen atoms in total. The van der Waals surface area contributed by atoms with Crippen LogP contribution in [0.25, 0.3) is 17.2 Å². The Balaban J connectivity index is 2.15. The SMILES string of the molecule is CCCCc1ccc2c(c1-c1ccccc1)C=C(C)C2. The fourth-order valence-corrected chi connectivity index (χ4v) is 3.15. The lowest BCUT2D eigenvalue weighted by Gasteiger charge is -2.14. The van der Waals surface area contributed by atoms with Crippen LogP contribution in [-0.2, 0) is 12.8 Å². The number of aryl methyl sites for hydroxylation is 1. The molecule has 20 heavy (non-hydrogen) atoms. The first kappa shape index (κ1) is 13.2. The molecule has 2 aromatic carbocycles. The summed E-state index contributed by atoms with van der Waals surface area (Å²) < 4.78 is 0. The number of fused-ring (bicyclic) bond motifs is 1. The molecule has 0 unspecified atom stereocenters. The largest absolute Gasteiger partial charge is 0.0683 e. The van der Waals surface area contributed by atoms with Crippen LogP contribution in [0.3, 0.4) is 0 Å². The molecule has 1 aliphatic rings. The van der Waals surface area contributed by atoms with Gasteiger partial charge in [-0.1, -0.05) is 67.5 Å². The number of benzene rings is 2. The summed E-state index contributed by atoms with van der Waals surface area (Å²) in [5, 5.41) is 0. The lowest BCUT2D eigenvalue weighted by atomic mass is 9.90. The van der Waals surface area contributed by atoms with E-state index >= 15 is 0 Å². The number of hydrogen-bond acceptors (Lipinski definition) is 0. The zero-order valence-electron chi connectivity index (χ0n) is 12.4. The third-order valence-corrected chi connectivity index (χ3v) is 4.14. The number of hydrogen-bond donors (Lipinski definition) is 0. The molecule has 2 aromatic rings. The van der Waals surface area contributed by atoms with Crippen LogP contribution in [-0.4, -0.2) is 0 Å². The molecule has 0 atom stereocenters. The fraction of sp³-hybridized carbons (Fsp3) is 0.300. The van der Waals surface area contributed by atoms with Crippen LogP contribution >= 0.6 is 0 Å². The Morgan fingerprint density at radius 1 is 1.00 bits per heavy atom. The average Bonchev–Trinajstić information content (AvgIpc) is 2.85.